The average Bonchev–Trinajstić information content (AvgIpc) is 2.50. The van der Waals surface area contributed by atoms with Crippen molar-refractivity contribution < 1.29 is 4.79 Å². The summed E-state index contributed by atoms with van der Waals surface area (Å²) in [4.78, 5) is 15.4. The molecule has 78 valence electrons. The number of nitrogens with one attached hydrogen (secondary N) is 1. The highest BCUT2D eigenvalue weighted by Gasteiger charge is 2.28. The molecule has 1 aromatic carbocycles. The molecule has 1 amide bonds. The average molecular weight is 289 g/mol. The van der Waals surface area contributed by atoms with Gasteiger partial charge in [0.25, 0.3) is 5.91 Å². The Hall–Kier alpha value is -1.07. The number of halogens is 2. The molecule has 1 aromatic rings. The molecule has 0 saturated heterocycles. The van der Waals surface area contributed by atoms with Gasteiger partial charge in [-0.25, -0.2) is 4.99 Å². The third kappa shape index (κ3) is 1.98. The fourth-order valence-corrected chi connectivity index (χ4v) is 1.96. The van der Waals surface area contributed by atoms with Gasteiger partial charge in [-0.1, -0.05) is 27.5 Å². The second kappa shape index (κ2) is 3.83. The predicted octanol–water partition coefficient (Wildman–Crippen LogP) is 1.59. The first-order valence-electron chi connectivity index (χ1n) is 4.17. The van der Waals surface area contributed by atoms with Gasteiger partial charge in [0, 0.05) is 15.1 Å². The monoisotopic (exact) mass is 287 g/mol. The maximum Gasteiger partial charge on any atom is 0.256 e. The second-order valence-electron chi connectivity index (χ2n) is 3.07. The summed E-state index contributed by atoms with van der Waals surface area (Å²) in [6, 6.07) is 4.62. The summed E-state index contributed by atoms with van der Waals surface area (Å²) in [5, 5.41) is 2.92. The number of hydrogen-bond acceptors (Lipinski definition) is 3. The highest BCUT2D eigenvalue weighted by molar-refractivity contribution is 9.10. The van der Waals surface area contributed by atoms with Crippen molar-refractivity contribution in [1.82, 2.24) is 5.32 Å². The van der Waals surface area contributed by atoms with Gasteiger partial charge in [0.15, 0.2) is 12.0 Å². The van der Waals surface area contributed by atoms with E-state index in [1.165, 1.54) is 0 Å². The van der Waals surface area contributed by atoms with Crippen molar-refractivity contribution in [3.05, 3.63) is 33.3 Å². The van der Waals surface area contributed by atoms with E-state index in [2.05, 4.69) is 26.2 Å². The minimum absolute atomic E-state index is 0.126. The molecule has 0 fully saturated rings. The zero-order valence-corrected chi connectivity index (χ0v) is 9.84. The fourth-order valence-electron chi connectivity index (χ4n) is 1.36. The molecule has 4 nitrogen and oxygen atoms in total. The summed E-state index contributed by atoms with van der Waals surface area (Å²) in [6.45, 7) is 0. The van der Waals surface area contributed by atoms with E-state index in [0.717, 1.165) is 4.47 Å². The molecular formula is C9H7BrClN3O. The molecule has 0 aromatic heterocycles. The van der Waals surface area contributed by atoms with E-state index in [4.69, 9.17) is 17.3 Å². The maximum absolute atomic E-state index is 11.5. The largest absolute Gasteiger partial charge is 0.370 e. The first-order valence-corrected chi connectivity index (χ1v) is 5.34. The van der Waals surface area contributed by atoms with Gasteiger partial charge in [-0.15, -0.1) is 0 Å². The first-order chi connectivity index (χ1) is 7.08. The van der Waals surface area contributed by atoms with E-state index < -0.39 is 6.04 Å². The van der Waals surface area contributed by atoms with Crippen LogP contribution in [0.1, 0.15) is 11.6 Å². The summed E-state index contributed by atoms with van der Waals surface area (Å²) in [5.74, 6) is -0.131. The fraction of sp³-hybridized carbons (Fsp3) is 0.111. The van der Waals surface area contributed by atoms with Gasteiger partial charge in [-0.2, -0.15) is 0 Å². The number of benzene rings is 1. The maximum atomic E-state index is 11.5. The summed E-state index contributed by atoms with van der Waals surface area (Å²) < 4.78 is 0.843. The molecule has 1 aliphatic heterocycles. The molecule has 0 spiro atoms. The van der Waals surface area contributed by atoms with Crippen LogP contribution in [-0.2, 0) is 4.79 Å². The molecule has 0 radical (unpaired) electrons. The molecular weight excluding hydrogens is 281 g/mol. The van der Waals surface area contributed by atoms with Gasteiger partial charge in [-0.3, -0.25) is 10.1 Å². The van der Waals surface area contributed by atoms with Gasteiger partial charge in [-0.05, 0) is 18.2 Å². The third-order valence-corrected chi connectivity index (χ3v) is 2.86. The molecule has 0 bridgehead atoms. The molecule has 1 aliphatic rings. The molecule has 1 heterocycles. The zero-order valence-electron chi connectivity index (χ0n) is 7.50. The number of aliphatic imine (C=N–C) groups is 1. The van der Waals surface area contributed by atoms with E-state index in [0.29, 0.717) is 10.6 Å². The number of carbonyl (C=O) groups excluding carboxylic acids is 1. The van der Waals surface area contributed by atoms with Crippen LogP contribution in [0.4, 0.5) is 0 Å². The minimum Gasteiger partial charge on any atom is -0.370 e. The van der Waals surface area contributed by atoms with Crippen molar-refractivity contribution in [3.8, 4) is 0 Å². The number of nitrogens with two attached hydrogens (primary N) is 1. The Morgan fingerprint density at radius 1 is 1.53 bits per heavy atom. The van der Waals surface area contributed by atoms with Crippen molar-refractivity contribution in [1.29, 1.82) is 0 Å². The zero-order chi connectivity index (χ0) is 11.0. The number of carbonyl (C=O) groups is 1. The molecule has 3 N–H and O–H groups in total. The topological polar surface area (TPSA) is 67.5 Å². The Bertz CT molecular complexity index is 461. The molecule has 1 atom stereocenters. The third-order valence-electron chi connectivity index (χ3n) is 2.02. The number of rotatable bonds is 1. The van der Waals surface area contributed by atoms with Crippen LogP contribution in [0.3, 0.4) is 0 Å². The van der Waals surface area contributed by atoms with Crippen LogP contribution in [0.5, 0.6) is 0 Å². The molecule has 1 unspecified atom stereocenters. The standard InChI is InChI=1S/C9H7BrClN3O/c10-4-1-2-6(11)5(3-4)7-8(15)14-9(12)13-7/h1-3,7H,(H3,12,13,14,15). The summed E-state index contributed by atoms with van der Waals surface area (Å²) in [7, 11) is 0. The first kappa shape index (κ1) is 10.4. The van der Waals surface area contributed by atoms with E-state index in [-0.39, 0.29) is 11.9 Å². The van der Waals surface area contributed by atoms with Gasteiger partial charge < -0.3 is 5.73 Å². The predicted molar refractivity (Wildman–Crippen MR) is 61.7 cm³/mol. The number of amides is 1. The van der Waals surface area contributed by atoms with Gasteiger partial charge in [0.2, 0.25) is 0 Å². The number of hydrogen-bond donors (Lipinski definition) is 2. The van der Waals surface area contributed by atoms with Crippen LogP contribution in [0.25, 0.3) is 0 Å². The summed E-state index contributed by atoms with van der Waals surface area (Å²) in [5.41, 5.74) is 6.05. The lowest BCUT2D eigenvalue weighted by molar-refractivity contribution is -0.120. The van der Waals surface area contributed by atoms with Crippen molar-refractivity contribution in [2.75, 3.05) is 0 Å². The Kier molecular flexibility index (Phi) is 2.67. The van der Waals surface area contributed by atoms with Crippen LogP contribution in [-0.4, -0.2) is 11.9 Å². The van der Waals surface area contributed by atoms with Crippen LogP contribution in [0, 0.1) is 0 Å². The lowest BCUT2D eigenvalue weighted by Crippen LogP contribution is -2.31. The molecule has 2 rings (SSSR count). The van der Waals surface area contributed by atoms with Gasteiger partial charge in [0.1, 0.15) is 0 Å². The Morgan fingerprint density at radius 3 is 2.87 bits per heavy atom. The van der Waals surface area contributed by atoms with Gasteiger partial charge >= 0.3 is 0 Å². The van der Waals surface area contributed by atoms with Crippen LogP contribution >= 0.6 is 27.5 Å². The van der Waals surface area contributed by atoms with Crippen molar-refractivity contribution in [3.63, 3.8) is 0 Å². The normalized spacial score (nSPS) is 20.0. The highest BCUT2D eigenvalue weighted by atomic mass is 79.9. The number of guanidine groups is 1. The summed E-state index contributed by atoms with van der Waals surface area (Å²) >= 11 is 9.29. The van der Waals surface area contributed by atoms with E-state index in [1.54, 1.807) is 18.2 Å². The Labute approximate surface area is 99.6 Å². The van der Waals surface area contributed by atoms with Gasteiger partial charge in [0.05, 0.1) is 0 Å². The molecule has 0 saturated carbocycles. The summed E-state index contributed by atoms with van der Waals surface area (Å²) in [6.07, 6.45) is 0. The Morgan fingerprint density at radius 2 is 2.27 bits per heavy atom. The highest BCUT2D eigenvalue weighted by Crippen LogP contribution is 2.30. The van der Waals surface area contributed by atoms with Crippen LogP contribution in [0.15, 0.2) is 27.7 Å². The smallest absolute Gasteiger partial charge is 0.256 e. The van der Waals surface area contributed by atoms with Crippen LogP contribution < -0.4 is 11.1 Å². The molecule has 15 heavy (non-hydrogen) atoms. The Balaban J connectivity index is 2.45. The van der Waals surface area contributed by atoms with E-state index in [9.17, 15) is 4.79 Å². The van der Waals surface area contributed by atoms with E-state index in [1.807, 2.05) is 0 Å². The van der Waals surface area contributed by atoms with Crippen molar-refractivity contribution in [2.24, 2.45) is 10.7 Å². The minimum atomic E-state index is -0.644. The van der Waals surface area contributed by atoms with Crippen molar-refractivity contribution >= 4 is 39.4 Å². The quantitative estimate of drug-likeness (QED) is 0.824. The lowest BCUT2D eigenvalue weighted by atomic mass is 10.1. The lowest BCUT2D eigenvalue weighted by Gasteiger charge is -2.07. The SMILES string of the molecule is NC1=NC(c2cc(Br)ccc2Cl)C(=O)N1. The molecule has 6 heteroatoms. The van der Waals surface area contributed by atoms with Crippen molar-refractivity contribution in [2.45, 2.75) is 6.04 Å². The number of nitrogens with zero attached hydrogens (tertiary/aromatic N) is 1. The van der Waals surface area contributed by atoms with E-state index >= 15 is 0 Å². The molecule has 0 aliphatic carbocycles. The van der Waals surface area contributed by atoms with Crippen LogP contribution in [0.2, 0.25) is 5.02 Å². The second-order valence-corrected chi connectivity index (χ2v) is 4.39.